The lowest BCUT2D eigenvalue weighted by molar-refractivity contribution is 1.09. The zero-order valence-corrected chi connectivity index (χ0v) is 23.8. The van der Waals surface area contributed by atoms with Crippen LogP contribution in [-0.2, 0) is 0 Å². The van der Waals surface area contributed by atoms with Gasteiger partial charge in [0.1, 0.15) is 11.3 Å². The number of fused-ring (bicyclic) bond motifs is 7. The molecule has 0 saturated heterocycles. The molecule has 0 fully saturated rings. The van der Waals surface area contributed by atoms with Crippen LogP contribution >= 0.6 is 0 Å². The molecule has 8 aromatic rings. The molecule has 4 nitrogen and oxygen atoms in total. The maximum atomic E-state index is 5.11. The second-order valence-electron chi connectivity index (χ2n) is 11.1. The van der Waals surface area contributed by atoms with Crippen molar-refractivity contribution in [1.29, 1.82) is 0 Å². The number of nitrogens with zero attached hydrogens (tertiary/aromatic N) is 4. The predicted molar refractivity (Wildman–Crippen MR) is 181 cm³/mol. The number of hydrogen-bond acceptors (Lipinski definition) is 3. The van der Waals surface area contributed by atoms with E-state index in [2.05, 4.69) is 149 Å². The van der Waals surface area contributed by atoms with Crippen LogP contribution in [0.5, 0.6) is 0 Å². The van der Waals surface area contributed by atoms with Crippen molar-refractivity contribution in [2.75, 3.05) is 4.90 Å². The van der Waals surface area contributed by atoms with Gasteiger partial charge >= 0.3 is 0 Å². The summed E-state index contributed by atoms with van der Waals surface area (Å²) in [6.07, 6.45) is 1.84. The molecule has 0 unspecified atom stereocenters. The second-order valence-corrected chi connectivity index (χ2v) is 11.1. The van der Waals surface area contributed by atoms with E-state index in [0.717, 1.165) is 50.7 Å². The Bertz CT molecular complexity index is 2280. The van der Waals surface area contributed by atoms with Crippen LogP contribution in [0.15, 0.2) is 158 Å². The molecule has 0 amide bonds. The number of pyridine rings is 1. The predicted octanol–water partition coefficient (Wildman–Crippen LogP) is 10.4. The molecule has 0 aliphatic carbocycles. The fourth-order valence-corrected chi connectivity index (χ4v) is 6.65. The van der Waals surface area contributed by atoms with Gasteiger partial charge < -0.3 is 4.90 Å². The highest BCUT2D eigenvalue weighted by Gasteiger charge is 2.25. The van der Waals surface area contributed by atoms with Crippen molar-refractivity contribution in [3.05, 3.63) is 158 Å². The van der Waals surface area contributed by atoms with Crippen molar-refractivity contribution in [3.63, 3.8) is 0 Å². The smallest absolute Gasteiger partial charge is 0.164 e. The topological polar surface area (TPSA) is 34.0 Å². The molecule has 0 atom stereocenters. The second kappa shape index (κ2) is 9.79. The van der Waals surface area contributed by atoms with Gasteiger partial charge in [-0.15, -0.1) is 0 Å². The van der Waals surface area contributed by atoms with Crippen LogP contribution < -0.4 is 4.90 Å². The van der Waals surface area contributed by atoms with E-state index in [9.17, 15) is 0 Å². The van der Waals surface area contributed by atoms with Gasteiger partial charge in [-0.3, -0.25) is 4.57 Å². The van der Waals surface area contributed by atoms with E-state index in [1.54, 1.807) is 0 Å². The van der Waals surface area contributed by atoms with Crippen LogP contribution in [0, 0.1) is 0 Å². The molecule has 4 heteroatoms. The summed E-state index contributed by atoms with van der Waals surface area (Å²) < 4.78 is 2.19. The lowest BCUT2D eigenvalue weighted by Gasteiger charge is -2.27. The van der Waals surface area contributed by atoms with Gasteiger partial charge in [0.05, 0.1) is 17.1 Å². The highest BCUT2D eigenvalue weighted by molar-refractivity contribution is 6.02. The molecular formula is C40H26N4. The summed E-state index contributed by atoms with van der Waals surface area (Å²) in [4.78, 5) is 12.3. The summed E-state index contributed by atoms with van der Waals surface area (Å²) in [7, 11) is 0. The van der Waals surface area contributed by atoms with Crippen LogP contribution in [0.2, 0.25) is 0 Å². The fraction of sp³-hybridized carbons (Fsp3) is 0. The molecule has 44 heavy (non-hydrogen) atoms. The largest absolute Gasteiger partial charge is 0.309 e. The van der Waals surface area contributed by atoms with Gasteiger partial charge in [-0.25, -0.2) is 9.97 Å². The molecule has 0 radical (unpaired) electrons. The Morgan fingerprint density at radius 3 is 1.77 bits per heavy atom. The Labute approximate surface area is 255 Å². The molecular weight excluding hydrogens is 536 g/mol. The zero-order chi connectivity index (χ0) is 29.0. The van der Waals surface area contributed by atoms with E-state index in [-0.39, 0.29) is 0 Å². The SMILES string of the molecule is c1ccc2c(c1)-c1ccccc1N(c1ccc(-c3nc4cccnc4n3-c3cccc4ccccc34)cc1)c1ccccc1-2. The van der Waals surface area contributed by atoms with Gasteiger partial charge in [-0.1, -0.05) is 97.1 Å². The average Bonchev–Trinajstić information content (AvgIpc) is 3.43. The van der Waals surface area contributed by atoms with E-state index in [1.165, 1.54) is 27.6 Å². The molecule has 0 spiro atoms. The third-order valence-electron chi connectivity index (χ3n) is 8.60. The van der Waals surface area contributed by atoms with Crippen LogP contribution in [-0.4, -0.2) is 14.5 Å². The van der Waals surface area contributed by atoms with E-state index in [0.29, 0.717) is 0 Å². The minimum absolute atomic E-state index is 0.844. The van der Waals surface area contributed by atoms with Crippen molar-refractivity contribution in [2.45, 2.75) is 0 Å². The highest BCUT2D eigenvalue weighted by atomic mass is 15.2. The van der Waals surface area contributed by atoms with Gasteiger partial charge in [-0.2, -0.15) is 0 Å². The summed E-state index contributed by atoms with van der Waals surface area (Å²) in [5.41, 5.74) is 12.1. The normalized spacial score (nSPS) is 12.0. The van der Waals surface area contributed by atoms with Crippen molar-refractivity contribution in [2.24, 2.45) is 0 Å². The van der Waals surface area contributed by atoms with Crippen molar-refractivity contribution < 1.29 is 0 Å². The van der Waals surface area contributed by atoms with E-state index in [1.807, 2.05) is 18.3 Å². The third-order valence-corrected chi connectivity index (χ3v) is 8.60. The summed E-state index contributed by atoms with van der Waals surface area (Å²) in [6.45, 7) is 0. The lowest BCUT2D eigenvalue weighted by Crippen LogP contribution is -2.10. The zero-order valence-electron chi connectivity index (χ0n) is 23.8. The molecule has 0 saturated carbocycles. The Kier molecular flexibility index (Phi) is 5.47. The lowest BCUT2D eigenvalue weighted by atomic mass is 9.95. The minimum atomic E-state index is 0.844. The van der Waals surface area contributed by atoms with Gasteiger partial charge in [0.25, 0.3) is 0 Å². The first-order valence-corrected chi connectivity index (χ1v) is 14.9. The van der Waals surface area contributed by atoms with Crippen LogP contribution in [0.1, 0.15) is 0 Å². The molecule has 9 rings (SSSR count). The quantitative estimate of drug-likeness (QED) is 0.215. The van der Waals surface area contributed by atoms with Gasteiger partial charge in [0.15, 0.2) is 5.65 Å². The van der Waals surface area contributed by atoms with Gasteiger partial charge in [-0.05, 0) is 71.1 Å². The molecule has 0 bridgehead atoms. The molecule has 0 N–H and O–H groups in total. The number of benzene rings is 6. The Hall–Kier alpha value is -6.00. The summed E-state index contributed by atoms with van der Waals surface area (Å²) in [6, 6.07) is 53.7. The summed E-state index contributed by atoms with van der Waals surface area (Å²) in [5.74, 6) is 0.866. The van der Waals surface area contributed by atoms with Crippen LogP contribution in [0.25, 0.3) is 61.3 Å². The van der Waals surface area contributed by atoms with E-state index < -0.39 is 0 Å². The first-order chi connectivity index (χ1) is 21.8. The summed E-state index contributed by atoms with van der Waals surface area (Å²) in [5, 5.41) is 2.35. The van der Waals surface area contributed by atoms with Crippen LogP contribution in [0.4, 0.5) is 17.1 Å². The average molecular weight is 563 g/mol. The number of para-hydroxylation sites is 2. The maximum absolute atomic E-state index is 5.11. The minimum Gasteiger partial charge on any atom is -0.309 e. The maximum Gasteiger partial charge on any atom is 0.164 e. The molecule has 3 heterocycles. The number of rotatable bonds is 3. The molecule has 1 aliphatic heterocycles. The van der Waals surface area contributed by atoms with Gasteiger partial charge in [0, 0.05) is 34.0 Å². The molecule has 6 aromatic carbocycles. The number of imidazole rings is 1. The van der Waals surface area contributed by atoms with Gasteiger partial charge in [0.2, 0.25) is 0 Å². The summed E-state index contributed by atoms with van der Waals surface area (Å²) >= 11 is 0. The third kappa shape index (κ3) is 3.71. The van der Waals surface area contributed by atoms with Crippen molar-refractivity contribution in [1.82, 2.24) is 14.5 Å². The molecule has 2 aromatic heterocycles. The van der Waals surface area contributed by atoms with Crippen molar-refractivity contribution >= 4 is 39.0 Å². The molecule has 206 valence electrons. The standard InChI is InChI=1S/C40H26N4/c1-2-13-30-27(11-1)12-9-21-36(30)44-39(42-35-18-10-26-41-40(35)44)28-22-24-29(25-23-28)43-37-19-7-5-16-33(37)31-14-3-4-15-32(31)34-17-6-8-20-38(34)43/h1-26H. The van der Waals surface area contributed by atoms with E-state index >= 15 is 0 Å². The number of aromatic nitrogens is 3. The fourth-order valence-electron chi connectivity index (χ4n) is 6.65. The monoisotopic (exact) mass is 562 g/mol. The Balaban J connectivity index is 1.23. The first-order valence-electron chi connectivity index (χ1n) is 14.9. The van der Waals surface area contributed by atoms with E-state index in [4.69, 9.17) is 9.97 Å². The first kappa shape index (κ1) is 24.6. The molecule has 1 aliphatic rings. The Morgan fingerprint density at radius 1 is 0.455 bits per heavy atom. The number of hydrogen-bond donors (Lipinski definition) is 0. The van der Waals surface area contributed by atoms with Crippen LogP contribution in [0.3, 0.4) is 0 Å². The highest BCUT2D eigenvalue weighted by Crippen LogP contribution is 2.50. The number of anilines is 3. The Morgan fingerprint density at radius 2 is 1.05 bits per heavy atom. The van der Waals surface area contributed by atoms with Crippen molar-refractivity contribution in [3.8, 4) is 39.3 Å².